The van der Waals surface area contributed by atoms with E-state index in [1.54, 1.807) is 26.4 Å². The molecule has 1 N–H and O–H groups in total. The molecule has 0 spiro atoms. The first kappa shape index (κ1) is 7.41. The fourth-order valence-corrected chi connectivity index (χ4v) is 0.741. The predicted molar refractivity (Wildman–Crippen MR) is 44.2 cm³/mol. The maximum absolute atomic E-state index is 9.43. The van der Waals surface area contributed by atoms with Crippen molar-refractivity contribution < 1.29 is 5.11 Å². The van der Waals surface area contributed by atoms with Gasteiger partial charge >= 0.3 is 0 Å². The molecule has 0 fully saturated rings. The lowest BCUT2D eigenvalue weighted by atomic mass is 9.63. The van der Waals surface area contributed by atoms with Crippen LogP contribution in [0.25, 0.3) is 0 Å². The van der Waals surface area contributed by atoms with Crippen LogP contribution in [0.2, 0.25) is 0 Å². The summed E-state index contributed by atoms with van der Waals surface area (Å²) in [5.41, 5.74) is 0.704. The standard InChI is InChI=1S/C5H10B2N2O/c1-9-3-2-4(8-9)5(6,7)10/h2-3,10H,6-7H2,1H3. The van der Waals surface area contributed by atoms with E-state index in [1.807, 2.05) is 13.2 Å². The molecule has 52 valence electrons. The molecule has 0 aliphatic rings. The third kappa shape index (κ3) is 1.42. The molecule has 5 heteroatoms. The summed E-state index contributed by atoms with van der Waals surface area (Å²) in [7, 11) is 5.26. The summed E-state index contributed by atoms with van der Waals surface area (Å²) in [4.78, 5) is 0. The summed E-state index contributed by atoms with van der Waals surface area (Å²) in [5.74, 6) is 0. The second-order valence-electron chi connectivity index (χ2n) is 2.93. The summed E-state index contributed by atoms with van der Waals surface area (Å²) in [6.07, 6.45) is 1.81. The predicted octanol–water partition coefficient (Wildman–Crippen LogP) is -2.21. The van der Waals surface area contributed by atoms with E-state index in [2.05, 4.69) is 5.10 Å². The van der Waals surface area contributed by atoms with Gasteiger partial charge in [0.1, 0.15) is 15.7 Å². The molecule has 3 nitrogen and oxygen atoms in total. The van der Waals surface area contributed by atoms with Gasteiger partial charge in [-0.15, -0.1) is 0 Å². The van der Waals surface area contributed by atoms with E-state index in [0.717, 1.165) is 0 Å². The van der Waals surface area contributed by atoms with Crippen LogP contribution in [-0.4, -0.2) is 30.6 Å². The monoisotopic (exact) mass is 136 g/mol. The molecule has 0 aliphatic heterocycles. The van der Waals surface area contributed by atoms with Crippen molar-refractivity contribution in [2.75, 3.05) is 0 Å². The van der Waals surface area contributed by atoms with Gasteiger partial charge in [0, 0.05) is 18.6 Å². The Morgan fingerprint density at radius 2 is 2.30 bits per heavy atom. The molecule has 0 saturated carbocycles. The molecule has 0 aromatic carbocycles. The molecule has 0 amide bonds. The van der Waals surface area contributed by atoms with Crippen molar-refractivity contribution in [2.24, 2.45) is 7.05 Å². The highest BCUT2D eigenvalue weighted by Crippen LogP contribution is 2.08. The second kappa shape index (κ2) is 2.16. The topological polar surface area (TPSA) is 38.0 Å². The molecule has 0 unspecified atom stereocenters. The van der Waals surface area contributed by atoms with Crippen LogP contribution in [0.5, 0.6) is 0 Å². The molecule has 0 saturated heterocycles. The van der Waals surface area contributed by atoms with E-state index in [9.17, 15) is 5.11 Å². The van der Waals surface area contributed by atoms with Gasteiger partial charge in [-0.25, -0.2) is 0 Å². The van der Waals surface area contributed by atoms with Gasteiger partial charge in [0.25, 0.3) is 0 Å². The van der Waals surface area contributed by atoms with Gasteiger partial charge in [0.15, 0.2) is 0 Å². The third-order valence-electron chi connectivity index (χ3n) is 1.34. The zero-order chi connectivity index (χ0) is 7.78. The zero-order valence-corrected chi connectivity index (χ0v) is 6.50. The summed E-state index contributed by atoms with van der Waals surface area (Å²) in [5, 5.41) is 12.7. The molecule has 0 aliphatic carbocycles. The molecule has 0 atom stereocenters. The van der Waals surface area contributed by atoms with E-state index in [-0.39, 0.29) is 0 Å². The van der Waals surface area contributed by atoms with Crippen LogP contribution in [0.1, 0.15) is 5.69 Å². The van der Waals surface area contributed by atoms with Crippen molar-refractivity contribution in [3.63, 3.8) is 0 Å². The molecular weight excluding hydrogens is 126 g/mol. The highest BCUT2D eigenvalue weighted by molar-refractivity contribution is 6.38. The quantitative estimate of drug-likeness (QED) is 0.444. The van der Waals surface area contributed by atoms with Gasteiger partial charge in [-0.05, 0) is 6.07 Å². The zero-order valence-electron chi connectivity index (χ0n) is 6.50. The first-order valence-electron chi connectivity index (χ1n) is 3.22. The molecule has 1 rings (SSSR count). The lowest BCUT2D eigenvalue weighted by molar-refractivity contribution is 0.211. The summed E-state index contributed by atoms with van der Waals surface area (Å²) < 4.78 is 1.67. The highest BCUT2D eigenvalue weighted by Gasteiger charge is 2.18. The minimum absolute atomic E-state index is 0.704. The largest absolute Gasteiger partial charge is 0.402 e. The Morgan fingerprint density at radius 3 is 2.50 bits per heavy atom. The first-order valence-corrected chi connectivity index (χ1v) is 3.22. The lowest BCUT2D eigenvalue weighted by Gasteiger charge is -2.12. The SMILES string of the molecule is BC(B)(O)c1ccn(C)n1. The van der Waals surface area contributed by atoms with Crippen LogP contribution in [0, 0.1) is 0 Å². The Hall–Kier alpha value is -0.700. The van der Waals surface area contributed by atoms with Gasteiger partial charge in [-0.1, -0.05) is 0 Å². The molecule has 1 aromatic rings. The van der Waals surface area contributed by atoms with Gasteiger partial charge in [0.05, 0.1) is 5.69 Å². The first-order chi connectivity index (χ1) is 4.50. The van der Waals surface area contributed by atoms with Gasteiger partial charge in [0.2, 0.25) is 0 Å². The van der Waals surface area contributed by atoms with Crippen LogP contribution in [0.4, 0.5) is 0 Å². The minimum Gasteiger partial charge on any atom is -0.402 e. The highest BCUT2D eigenvalue weighted by atomic mass is 16.3. The Kier molecular flexibility index (Phi) is 1.60. The normalized spacial score (nSPS) is 11.8. The van der Waals surface area contributed by atoms with E-state index in [4.69, 9.17) is 0 Å². The molecule has 10 heavy (non-hydrogen) atoms. The second-order valence-corrected chi connectivity index (χ2v) is 2.93. The third-order valence-corrected chi connectivity index (χ3v) is 1.34. The van der Waals surface area contributed by atoms with Crippen LogP contribution in [-0.2, 0) is 12.4 Å². The van der Waals surface area contributed by atoms with Crippen LogP contribution >= 0.6 is 0 Å². The van der Waals surface area contributed by atoms with E-state index in [1.165, 1.54) is 0 Å². The summed E-state index contributed by atoms with van der Waals surface area (Å²) in [6.45, 7) is 0. The maximum Gasteiger partial charge on any atom is 0.139 e. The average Bonchev–Trinajstić information content (AvgIpc) is 2.11. The van der Waals surface area contributed by atoms with Crippen LogP contribution in [0.3, 0.4) is 0 Å². The van der Waals surface area contributed by atoms with Crippen molar-refractivity contribution >= 4 is 15.7 Å². The number of aryl methyl sites for hydroxylation is 1. The number of nitrogens with zero attached hydrogens (tertiary/aromatic N) is 2. The van der Waals surface area contributed by atoms with Crippen molar-refractivity contribution in [3.05, 3.63) is 18.0 Å². The van der Waals surface area contributed by atoms with Gasteiger partial charge < -0.3 is 5.11 Å². The van der Waals surface area contributed by atoms with Crippen molar-refractivity contribution in [1.29, 1.82) is 0 Å². The summed E-state index contributed by atoms with van der Waals surface area (Å²) >= 11 is 0. The molecule has 1 aromatic heterocycles. The molecule has 0 bridgehead atoms. The Labute approximate surface area is 61.9 Å². The fourth-order valence-electron chi connectivity index (χ4n) is 0.741. The van der Waals surface area contributed by atoms with Crippen molar-refractivity contribution in [3.8, 4) is 0 Å². The molecule has 0 radical (unpaired) electrons. The number of hydrogen-bond acceptors (Lipinski definition) is 2. The Morgan fingerprint density at radius 1 is 1.70 bits per heavy atom. The van der Waals surface area contributed by atoms with E-state index in [0.29, 0.717) is 5.69 Å². The van der Waals surface area contributed by atoms with Crippen LogP contribution in [0.15, 0.2) is 12.3 Å². The van der Waals surface area contributed by atoms with Gasteiger partial charge in [-0.2, -0.15) is 5.10 Å². The van der Waals surface area contributed by atoms with E-state index < -0.39 is 5.40 Å². The van der Waals surface area contributed by atoms with Gasteiger partial charge in [-0.3, -0.25) is 4.68 Å². The molecular formula is C5H10B2N2O. The van der Waals surface area contributed by atoms with Crippen molar-refractivity contribution in [2.45, 2.75) is 5.40 Å². The van der Waals surface area contributed by atoms with Crippen LogP contribution < -0.4 is 0 Å². The smallest absolute Gasteiger partial charge is 0.139 e. The Bertz CT molecular complexity index is 228. The summed E-state index contributed by atoms with van der Waals surface area (Å²) in [6, 6.07) is 1.81. The number of aliphatic hydroxyl groups is 1. The number of rotatable bonds is 1. The molecule has 1 heterocycles. The minimum atomic E-state index is -0.818. The maximum atomic E-state index is 9.43. The van der Waals surface area contributed by atoms with Crippen molar-refractivity contribution in [1.82, 2.24) is 9.78 Å². The lowest BCUT2D eigenvalue weighted by Crippen LogP contribution is -2.26. The van der Waals surface area contributed by atoms with E-state index >= 15 is 0 Å². The number of hydrogen-bond donors (Lipinski definition) is 1. The number of aromatic nitrogens is 2. The fraction of sp³-hybridized carbons (Fsp3) is 0.400. The Balaban J connectivity index is 2.96. The average molecular weight is 136 g/mol.